The number of Topliss-reactive ketones (excluding diaryl/α,β-unsaturated/α-hetero) is 1. The third-order valence-electron chi connectivity index (χ3n) is 8.31. The molecule has 1 aliphatic carbocycles. The molecule has 200 valence electrons. The highest BCUT2D eigenvalue weighted by atomic mass is 16.1. The average molecular weight is 510 g/mol. The van der Waals surface area contributed by atoms with Gasteiger partial charge in [-0.1, -0.05) is 91.8 Å². The normalized spacial score (nSPS) is 19.2. The van der Waals surface area contributed by atoms with E-state index in [0.29, 0.717) is 6.42 Å². The molecule has 0 amide bonds. The van der Waals surface area contributed by atoms with E-state index in [1.54, 1.807) is 0 Å². The van der Waals surface area contributed by atoms with Gasteiger partial charge in [0.25, 0.3) is 0 Å². The van der Waals surface area contributed by atoms with Gasteiger partial charge in [-0.2, -0.15) is 5.10 Å². The van der Waals surface area contributed by atoms with Gasteiger partial charge in [-0.15, -0.1) is 0 Å². The Morgan fingerprint density at radius 2 is 1.58 bits per heavy atom. The molecule has 2 aromatic carbocycles. The van der Waals surface area contributed by atoms with Gasteiger partial charge in [-0.05, 0) is 59.4 Å². The quantitative estimate of drug-likeness (QED) is 0.378. The fourth-order valence-electron chi connectivity index (χ4n) is 6.09. The number of nitrogens with zero attached hydrogens (tertiary/aromatic N) is 2. The van der Waals surface area contributed by atoms with Crippen molar-refractivity contribution in [2.24, 2.45) is 5.41 Å². The SMILES string of the molecule is Cc1cccc(-n2nc(C(C)(C)C)c3c2NC2=C(C(=O)CC(C)(C)C2)C3c2ccc(C(C)(C)C)cc2)c1C. The molecule has 4 heteroatoms. The molecule has 0 saturated heterocycles. The smallest absolute Gasteiger partial charge is 0.162 e. The van der Waals surface area contributed by atoms with Crippen molar-refractivity contribution in [2.45, 2.75) is 98.8 Å². The summed E-state index contributed by atoms with van der Waals surface area (Å²) in [6.07, 6.45) is 1.41. The number of hydrogen-bond acceptors (Lipinski definition) is 3. The third-order valence-corrected chi connectivity index (χ3v) is 8.31. The maximum absolute atomic E-state index is 13.9. The predicted molar refractivity (Wildman–Crippen MR) is 157 cm³/mol. The molecule has 1 unspecified atom stereocenters. The second-order valence-electron chi connectivity index (χ2n) is 14.3. The van der Waals surface area contributed by atoms with Crippen molar-refractivity contribution < 1.29 is 4.79 Å². The Bertz CT molecular complexity index is 1450. The van der Waals surface area contributed by atoms with Gasteiger partial charge in [-0.25, -0.2) is 4.68 Å². The van der Waals surface area contributed by atoms with Crippen LogP contribution in [-0.4, -0.2) is 15.6 Å². The second-order valence-corrected chi connectivity index (χ2v) is 14.3. The molecule has 2 heterocycles. The van der Waals surface area contributed by atoms with E-state index >= 15 is 0 Å². The van der Waals surface area contributed by atoms with Gasteiger partial charge in [0.1, 0.15) is 5.82 Å². The Labute approximate surface area is 228 Å². The molecule has 4 nitrogen and oxygen atoms in total. The highest BCUT2D eigenvalue weighted by Gasteiger charge is 2.45. The van der Waals surface area contributed by atoms with E-state index in [-0.39, 0.29) is 27.9 Å². The number of carbonyl (C=O) groups excluding carboxylic acids is 1. The molecule has 1 aromatic heterocycles. The molecule has 38 heavy (non-hydrogen) atoms. The van der Waals surface area contributed by atoms with Gasteiger partial charge in [0.15, 0.2) is 5.78 Å². The van der Waals surface area contributed by atoms with E-state index in [9.17, 15) is 4.79 Å². The van der Waals surface area contributed by atoms with Gasteiger partial charge >= 0.3 is 0 Å². The average Bonchev–Trinajstić information content (AvgIpc) is 3.18. The lowest BCUT2D eigenvalue weighted by molar-refractivity contribution is -0.118. The number of ketones is 1. The standard InChI is InChI=1S/C34H43N3O/c1-20-12-11-13-25(21(20)2)37-31-29(30(36-37)33(6,7)8)27(22-14-16-23(17-15-22)32(3,4)5)28-24(35-31)18-34(9,10)19-26(28)38/h11-17,27,35H,18-19H2,1-10H3. The molecule has 0 fully saturated rings. The zero-order valence-electron chi connectivity index (χ0n) is 24.8. The largest absolute Gasteiger partial charge is 0.343 e. The summed E-state index contributed by atoms with van der Waals surface area (Å²) in [4.78, 5) is 13.9. The minimum absolute atomic E-state index is 0.0665. The molecule has 2 aliphatic rings. The molecule has 3 aromatic rings. The summed E-state index contributed by atoms with van der Waals surface area (Å²) in [5, 5.41) is 9.09. The Balaban J connectivity index is 1.82. The zero-order chi connectivity index (χ0) is 27.8. The van der Waals surface area contributed by atoms with E-state index < -0.39 is 0 Å². The number of benzene rings is 2. The number of aryl methyl sites for hydroxylation is 1. The molecule has 0 bridgehead atoms. The summed E-state index contributed by atoms with van der Waals surface area (Å²) in [7, 11) is 0. The van der Waals surface area contributed by atoms with Crippen molar-refractivity contribution in [3.8, 4) is 5.69 Å². The van der Waals surface area contributed by atoms with Crippen LogP contribution in [0.3, 0.4) is 0 Å². The number of fused-ring (bicyclic) bond motifs is 1. The third kappa shape index (κ3) is 4.42. The molecule has 5 rings (SSSR count). The first-order chi connectivity index (χ1) is 17.6. The molecule has 1 aliphatic heterocycles. The summed E-state index contributed by atoms with van der Waals surface area (Å²) >= 11 is 0. The fourth-order valence-corrected chi connectivity index (χ4v) is 6.09. The van der Waals surface area contributed by atoms with Gasteiger partial charge in [0.05, 0.1) is 11.4 Å². The maximum atomic E-state index is 13.9. The minimum Gasteiger partial charge on any atom is -0.343 e. The van der Waals surface area contributed by atoms with Crippen LogP contribution in [0.1, 0.15) is 108 Å². The zero-order valence-corrected chi connectivity index (χ0v) is 24.8. The van der Waals surface area contributed by atoms with Crippen molar-refractivity contribution in [1.29, 1.82) is 0 Å². The van der Waals surface area contributed by atoms with E-state index in [4.69, 9.17) is 5.10 Å². The monoisotopic (exact) mass is 509 g/mol. The van der Waals surface area contributed by atoms with Crippen LogP contribution in [0, 0.1) is 19.3 Å². The number of anilines is 1. The lowest BCUT2D eigenvalue weighted by atomic mass is 9.68. The van der Waals surface area contributed by atoms with Gasteiger partial charge in [0, 0.05) is 34.6 Å². The van der Waals surface area contributed by atoms with Gasteiger partial charge in [0.2, 0.25) is 0 Å². The highest BCUT2D eigenvalue weighted by Crippen LogP contribution is 2.52. The Hall–Kier alpha value is -3.14. The number of carbonyl (C=O) groups is 1. The fraction of sp³-hybridized carbons (Fsp3) is 0.471. The van der Waals surface area contributed by atoms with E-state index in [2.05, 4.69) is 122 Å². The van der Waals surface area contributed by atoms with Crippen LogP contribution in [0.15, 0.2) is 53.7 Å². The molecule has 0 spiro atoms. The van der Waals surface area contributed by atoms with Crippen molar-refractivity contribution in [3.63, 3.8) is 0 Å². The molecule has 1 N–H and O–H groups in total. The lowest BCUT2D eigenvalue weighted by Gasteiger charge is -2.39. The van der Waals surface area contributed by atoms with Gasteiger partial charge < -0.3 is 5.32 Å². The summed E-state index contributed by atoms with van der Waals surface area (Å²) in [6.45, 7) is 22.1. The minimum atomic E-state index is -0.201. The number of allylic oxidation sites excluding steroid dienone is 2. The first-order valence-corrected chi connectivity index (χ1v) is 13.9. The highest BCUT2D eigenvalue weighted by molar-refractivity contribution is 6.01. The van der Waals surface area contributed by atoms with Crippen molar-refractivity contribution in [2.75, 3.05) is 5.32 Å². The van der Waals surface area contributed by atoms with Gasteiger partial charge in [-0.3, -0.25) is 4.79 Å². The number of aromatic nitrogens is 2. The summed E-state index contributed by atoms with van der Waals surface area (Å²) in [6, 6.07) is 15.3. The first kappa shape index (κ1) is 26.5. The maximum Gasteiger partial charge on any atom is 0.162 e. The molecular formula is C34H43N3O. The van der Waals surface area contributed by atoms with E-state index in [1.807, 2.05) is 0 Å². The van der Waals surface area contributed by atoms with E-state index in [1.165, 1.54) is 16.7 Å². The van der Waals surface area contributed by atoms with Crippen LogP contribution in [0.2, 0.25) is 0 Å². The Morgan fingerprint density at radius 3 is 2.18 bits per heavy atom. The van der Waals surface area contributed by atoms with Crippen LogP contribution in [0.4, 0.5) is 5.82 Å². The lowest BCUT2D eigenvalue weighted by Crippen LogP contribution is -2.34. The molecule has 1 atom stereocenters. The topological polar surface area (TPSA) is 46.9 Å². The molecular weight excluding hydrogens is 466 g/mol. The summed E-state index contributed by atoms with van der Waals surface area (Å²) in [5.74, 6) is 1.10. The summed E-state index contributed by atoms with van der Waals surface area (Å²) < 4.78 is 2.10. The Morgan fingerprint density at radius 1 is 0.921 bits per heavy atom. The number of nitrogens with one attached hydrogen (secondary N) is 1. The van der Waals surface area contributed by atoms with Crippen LogP contribution in [0.5, 0.6) is 0 Å². The predicted octanol–water partition coefficient (Wildman–Crippen LogP) is 8.28. The number of hydrogen-bond donors (Lipinski definition) is 1. The second kappa shape index (κ2) is 8.69. The molecule has 0 radical (unpaired) electrons. The first-order valence-electron chi connectivity index (χ1n) is 13.9. The van der Waals surface area contributed by atoms with Crippen LogP contribution in [-0.2, 0) is 15.6 Å². The Kier molecular flexibility index (Phi) is 6.05. The van der Waals surface area contributed by atoms with Crippen LogP contribution in [0.25, 0.3) is 5.69 Å². The van der Waals surface area contributed by atoms with E-state index in [0.717, 1.165) is 46.0 Å². The van der Waals surface area contributed by atoms with Crippen LogP contribution < -0.4 is 5.32 Å². The van der Waals surface area contributed by atoms with Crippen LogP contribution >= 0.6 is 0 Å². The van der Waals surface area contributed by atoms with Crippen molar-refractivity contribution in [3.05, 3.63) is 87.2 Å². The number of rotatable bonds is 2. The molecule has 0 saturated carbocycles. The van der Waals surface area contributed by atoms with Crippen molar-refractivity contribution >= 4 is 11.6 Å². The van der Waals surface area contributed by atoms with Crippen molar-refractivity contribution in [1.82, 2.24) is 9.78 Å². The summed E-state index contributed by atoms with van der Waals surface area (Å²) in [5.41, 5.74) is 9.91.